The number of nitrogens with one attached hydrogen (secondary N) is 1. The maximum Gasteiger partial charge on any atom is 0.230 e. The highest BCUT2D eigenvalue weighted by atomic mass is 32.2. The quantitative estimate of drug-likeness (QED) is 0.759. The molecule has 144 valence electrons. The average Bonchev–Trinajstić information content (AvgIpc) is 3.44. The summed E-state index contributed by atoms with van der Waals surface area (Å²) in [4.78, 5) is 12.5. The number of para-hydroxylation sites is 1. The van der Waals surface area contributed by atoms with E-state index in [0.717, 1.165) is 23.1 Å². The van der Waals surface area contributed by atoms with Crippen LogP contribution in [0.3, 0.4) is 0 Å². The Balaban J connectivity index is 1.43. The maximum absolute atomic E-state index is 12.5. The zero-order chi connectivity index (χ0) is 18.8. The van der Waals surface area contributed by atoms with Crippen molar-refractivity contribution in [3.8, 4) is 5.69 Å². The fraction of sp³-hybridized carbons (Fsp3) is 0.571. The molecule has 0 bridgehead atoms. The van der Waals surface area contributed by atoms with Gasteiger partial charge in [-0.2, -0.15) is 0 Å². The molecule has 5 nitrogen and oxygen atoms in total. The summed E-state index contributed by atoms with van der Waals surface area (Å²) in [7, 11) is 0. The SMILES string of the molecule is C[C@H]1[C@@H](NC(=O)CSc2nnc(C3CC3)n2-c2ccccc2)CCC[C@@H]1C. The number of rotatable bonds is 6. The maximum atomic E-state index is 12.5. The van der Waals surface area contributed by atoms with Crippen molar-refractivity contribution in [2.75, 3.05) is 5.75 Å². The van der Waals surface area contributed by atoms with E-state index in [0.29, 0.717) is 29.5 Å². The zero-order valence-electron chi connectivity index (χ0n) is 16.1. The van der Waals surface area contributed by atoms with Crippen LogP contribution >= 0.6 is 11.8 Å². The van der Waals surface area contributed by atoms with Crippen LogP contribution in [0.15, 0.2) is 35.5 Å². The van der Waals surface area contributed by atoms with Gasteiger partial charge in [0.2, 0.25) is 5.91 Å². The first kappa shape index (κ1) is 18.5. The third-order valence-corrected chi connectivity index (χ3v) is 6.93. The molecule has 27 heavy (non-hydrogen) atoms. The Morgan fingerprint density at radius 2 is 1.93 bits per heavy atom. The second-order valence-electron chi connectivity index (χ2n) is 8.02. The fourth-order valence-electron chi connectivity index (χ4n) is 3.96. The van der Waals surface area contributed by atoms with Crippen LogP contribution in [0, 0.1) is 11.8 Å². The first-order valence-corrected chi connectivity index (χ1v) is 11.0. The van der Waals surface area contributed by atoms with Crippen molar-refractivity contribution >= 4 is 17.7 Å². The molecule has 0 radical (unpaired) electrons. The van der Waals surface area contributed by atoms with E-state index in [1.54, 1.807) is 0 Å². The Bertz CT molecular complexity index is 787. The van der Waals surface area contributed by atoms with Crippen LogP contribution in [-0.4, -0.2) is 32.5 Å². The molecular formula is C21H28N4OS. The summed E-state index contributed by atoms with van der Waals surface area (Å²) in [6, 6.07) is 10.5. The van der Waals surface area contributed by atoms with Gasteiger partial charge in [0, 0.05) is 17.6 Å². The number of carbonyl (C=O) groups excluding carboxylic acids is 1. The largest absolute Gasteiger partial charge is 0.352 e. The fourth-order valence-corrected chi connectivity index (χ4v) is 4.73. The summed E-state index contributed by atoms with van der Waals surface area (Å²) in [5, 5.41) is 12.9. The molecule has 2 aliphatic rings. The summed E-state index contributed by atoms with van der Waals surface area (Å²) < 4.78 is 2.13. The van der Waals surface area contributed by atoms with E-state index in [1.807, 2.05) is 18.2 Å². The van der Waals surface area contributed by atoms with Crippen molar-refractivity contribution in [1.29, 1.82) is 0 Å². The second kappa shape index (κ2) is 8.05. The van der Waals surface area contributed by atoms with Crippen molar-refractivity contribution in [3.05, 3.63) is 36.2 Å². The van der Waals surface area contributed by atoms with Crippen LogP contribution in [-0.2, 0) is 4.79 Å². The van der Waals surface area contributed by atoms with Gasteiger partial charge in [-0.25, -0.2) is 0 Å². The molecule has 3 atom stereocenters. The highest BCUT2D eigenvalue weighted by molar-refractivity contribution is 7.99. The van der Waals surface area contributed by atoms with E-state index >= 15 is 0 Å². The molecule has 1 amide bonds. The van der Waals surface area contributed by atoms with Gasteiger partial charge >= 0.3 is 0 Å². The lowest BCUT2D eigenvalue weighted by Crippen LogP contribution is -2.44. The van der Waals surface area contributed by atoms with Crippen molar-refractivity contribution in [3.63, 3.8) is 0 Å². The van der Waals surface area contributed by atoms with E-state index in [2.05, 4.69) is 46.1 Å². The molecule has 0 spiro atoms. The van der Waals surface area contributed by atoms with Crippen LogP contribution in [0.25, 0.3) is 5.69 Å². The van der Waals surface area contributed by atoms with Crippen molar-refractivity contribution in [2.24, 2.45) is 11.8 Å². The molecule has 0 saturated heterocycles. The van der Waals surface area contributed by atoms with Crippen molar-refractivity contribution < 1.29 is 4.79 Å². The molecule has 1 aromatic heterocycles. The minimum absolute atomic E-state index is 0.0986. The van der Waals surface area contributed by atoms with Gasteiger partial charge in [0.15, 0.2) is 5.16 Å². The first-order chi connectivity index (χ1) is 13.1. The highest BCUT2D eigenvalue weighted by Crippen LogP contribution is 2.41. The van der Waals surface area contributed by atoms with Crippen LogP contribution in [0.1, 0.15) is 57.7 Å². The molecule has 1 aromatic carbocycles. The van der Waals surface area contributed by atoms with Gasteiger partial charge in [0.05, 0.1) is 5.75 Å². The molecule has 4 rings (SSSR count). The van der Waals surface area contributed by atoms with Crippen molar-refractivity contribution in [1.82, 2.24) is 20.1 Å². The third kappa shape index (κ3) is 4.21. The van der Waals surface area contributed by atoms with Gasteiger partial charge in [-0.3, -0.25) is 9.36 Å². The summed E-state index contributed by atoms with van der Waals surface area (Å²) >= 11 is 1.48. The standard InChI is InChI=1S/C21H28N4OS/c1-14-7-6-10-18(15(14)2)22-19(26)13-27-21-24-23-20(16-11-12-16)25(21)17-8-4-3-5-9-17/h3-5,8-9,14-16,18H,6-7,10-13H2,1-2H3,(H,22,26)/t14-,15+,18-/m0/s1. The first-order valence-electron chi connectivity index (χ1n) is 10.1. The van der Waals surface area contributed by atoms with E-state index in [1.165, 1.54) is 37.4 Å². The Hall–Kier alpha value is -1.82. The number of amides is 1. The number of aromatic nitrogens is 3. The Morgan fingerprint density at radius 3 is 2.67 bits per heavy atom. The van der Waals surface area contributed by atoms with E-state index in [9.17, 15) is 4.79 Å². The number of nitrogens with zero attached hydrogens (tertiary/aromatic N) is 3. The van der Waals surface area contributed by atoms with Gasteiger partial charge in [0.1, 0.15) is 5.82 Å². The lowest BCUT2D eigenvalue weighted by Gasteiger charge is -2.34. The monoisotopic (exact) mass is 384 g/mol. The van der Waals surface area contributed by atoms with Gasteiger partial charge in [-0.05, 0) is 43.2 Å². The molecule has 1 heterocycles. The molecule has 2 fully saturated rings. The highest BCUT2D eigenvalue weighted by Gasteiger charge is 2.31. The Labute approximate surface area is 165 Å². The molecule has 0 aliphatic heterocycles. The summed E-state index contributed by atoms with van der Waals surface area (Å²) in [5.74, 6) is 3.24. The smallest absolute Gasteiger partial charge is 0.230 e. The van der Waals surface area contributed by atoms with E-state index in [-0.39, 0.29) is 5.91 Å². The number of benzene rings is 1. The molecular weight excluding hydrogens is 356 g/mol. The van der Waals surface area contributed by atoms with Gasteiger partial charge in [0.25, 0.3) is 0 Å². The van der Waals surface area contributed by atoms with Crippen LogP contribution in [0.5, 0.6) is 0 Å². The molecule has 6 heteroatoms. The second-order valence-corrected chi connectivity index (χ2v) is 8.96. The third-order valence-electron chi connectivity index (χ3n) is 6.00. The summed E-state index contributed by atoms with van der Waals surface area (Å²) in [6.07, 6.45) is 5.92. The Kier molecular flexibility index (Phi) is 5.53. The average molecular weight is 385 g/mol. The number of hydrogen-bond donors (Lipinski definition) is 1. The van der Waals surface area contributed by atoms with Crippen LogP contribution < -0.4 is 5.32 Å². The number of carbonyl (C=O) groups is 1. The molecule has 2 saturated carbocycles. The molecule has 1 N–H and O–H groups in total. The predicted octanol–water partition coefficient (Wildman–Crippen LogP) is 4.18. The van der Waals surface area contributed by atoms with Gasteiger partial charge < -0.3 is 5.32 Å². The van der Waals surface area contributed by atoms with Gasteiger partial charge in [-0.15, -0.1) is 10.2 Å². The van der Waals surface area contributed by atoms with Crippen molar-refractivity contribution in [2.45, 2.75) is 63.1 Å². The van der Waals surface area contributed by atoms with Gasteiger partial charge in [-0.1, -0.05) is 56.7 Å². The number of thioether (sulfide) groups is 1. The lowest BCUT2D eigenvalue weighted by atomic mass is 9.78. The van der Waals surface area contributed by atoms with Crippen LogP contribution in [0.2, 0.25) is 0 Å². The zero-order valence-corrected chi connectivity index (χ0v) is 16.9. The van der Waals surface area contributed by atoms with E-state index < -0.39 is 0 Å². The number of hydrogen-bond acceptors (Lipinski definition) is 4. The topological polar surface area (TPSA) is 59.8 Å². The predicted molar refractivity (Wildman–Crippen MR) is 108 cm³/mol. The normalized spacial score (nSPS) is 25.3. The minimum Gasteiger partial charge on any atom is -0.352 e. The molecule has 2 aromatic rings. The van der Waals surface area contributed by atoms with Crippen LogP contribution in [0.4, 0.5) is 0 Å². The summed E-state index contributed by atoms with van der Waals surface area (Å²) in [5.41, 5.74) is 1.07. The lowest BCUT2D eigenvalue weighted by molar-refractivity contribution is -0.120. The Morgan fingerprint density at radius 1 is 1.15 bits per heavy atom. The summed E-state index contributed by atoms with van der Waals surface area (Å²) in [6.45, 7) is 4.55. The molecule has 0 unspecified atom stereocenters. The minimum atomic E-state index is 0.0986. The van der Waals surface area contributed by atoms with E-state index in [4.69, 9.17) is 0 Å². The molecule has 2 aliphatic carbocycles.